The molecule has 7 heteroatoms. The van der Waals surface area contributed by atoms with Gasteiger partial charge in [-0.25, -0.2) is 4.68 Å². The first kappa shape index (κ1) is 14.3. The van der Waals surface area contributed by atoms with E-state index in [0.29, 0.717) is 31.2 Å². The first-order valence-corrected chi connectivity index (χ1v) is 5.92. The van der Waals surface area contributed by atoms with Crippen LogP contribution in [0.1, 0.15) is 12.6 Å². The van der Waals surface area contributed by atoms with Gasteiger partial charge in [0.15, 0.2) is 0 Å². The largest absolute Gasteiger partial charge is 0.394 e. The van der Waals surface area contributed by atoms with Gasteiger partial charge in [-0.3, -0.25) is 4.79 Å². The van der Waals surface area contributed by atoms with Gasteiger partial charge in [-0.2, -0.15) is 5.10 Å². The van der Waals surface area contributed by atoms with Crippen molar-refractivity contribution in [3.8, 4) is 0 Å². The van der Waals surface area contributed by atoms with E-state index in [1.807, 2.05) is 13.8 Å². The molecule has 0 fully saturated rings. The van der Waals surface area contributed by atoms with Gasteiger partial charge in [-0.05, 0) is 13.8 Å². The van der Waals surface area contributed by atoms with Gasteiger partial charge in [0.2, 0.25) is 5.91 Å². The number of amides is 1. The second kappa shape index (κ2) is 6.85. The van der Waals surface area contributed by atoms with E-state index in [1.165, 1.54) is 0 Å². The normalized spacial score (nSPS) is 10.4. The number of nitrogens with two attached hydrogens (primary N) is 1. The van der Waals surface area contributed by atoms with Crippen molar-refractivity contribution in [3.63, 3.8) is 0 Å². The molecule has 0 bridgehead atoms. The summed E-state index contributed by atoms with van der Waals surface area (Å²) in [5.74, 6) is 0.588. The number of rotatable bonds is 7. The maximum atomic E-state index is 11.5. The van der Waals surface area contributed by atoms with Crippen molar-refractivity contribution in [2.24, 2.45) is 0 Å². The molecule has 0 aromatic carbocycles. The Kier molecular flexibility index (Phi) is 5.44. The van der Waals surface area contributed by atoms with E-state index in [0.717, 1.165) is 5.69 Å². The Bertz CT molecular complexity index is 402. The smallest absolute Gasteiger partial charge is 0.239 e. The zero-order valence-corrected chi connectivity index (χ0v) is 11.1. The third kappa shape index (κ3) is 3.63. The molecule has 0 radical (unpaired) electrons. The van der Waals surface area contributed by atoms with Crippen molar-refractivity contribution in [1.82, 2.24) is 15.1 Å². The SMILES string of the molecule is CCn1nc(C)c(N)c1NCC(=O)NCCOC. The quantitative estimate of drug-likeness (QED) is 0.595. The summed E-state index contributed by atoms with van der Waals surface area (Å²) in [4.78, 5) is 11.5. The number of nitrogens with one attached hydrogen (secondary N) is 2. The Morgan fingerprint density at radius 2 is 2.28 bits per heavy atom. The lowest BCUT2D eigenvalue weighted by molar-refractivity contribution is -0.119. The minimum Gasteiger partial charge on any atom is -0.394 e. The summed E-state index contributed by atoms with van der Waals surface area (Å²) in [5.41, 5.74) is 7.24. The molecule has 0 aliphatic rings. The summed E-state index contributed by atoms with van der Waals surface area (Å²) >= 11 is 0. The molecule has 4 N–H and O–H groups in total. The Morgan fingerprint density at radius 3 is 2.89 bits per heavy atom. The van der Waals surface area contributed by atoms with E-state index in [1.54, 1.807) is 11.8 Å². The van der Waals surface area contributed by atoms with E-state index < -0.39 is 0 Å². The minimum absolute atomic E-state index is 0.104. The summed E-state index contributed by atoms with van der Waals surface area (Å²) in [6, 6.07) is 0. The highest BCUT2D eigenvalue weighted by Gasteiger charge is 2.11. The molecule has 102 valence electrons. The maximum Gasteiger partial charge on any atom is 0.239 e. The zero-order chi connectivity index (χ0) is 13.5. The molecule has 0 spiro atoms. The van der Waals surface area contributed by atoms with Crippen LogP contribution in [0.15, 0.2) is 0 Å². The summed E-state index contributed by atoms with van der Waals surface area (Å²) < 4.78 is 6.59. The number of hydrogen-bond donors (Lipinski definition) is 3. The number of aromatic nitrogens is 2. The van der Waals surface area contributed by atoms with Crippen molar-refractivity contribution >= 4 is 17.4 Å². The zero-order valence-electron chi connectivity index (χ0n) is 11.1. The monoisotopic (exact) mass is 255 g/mol. The highest BCUT2D eigenvalue weighted by Crippen LogP contribution is 2.21. The van der Waals surface area contributed by atoms with Gasteiger partial charge >= 0.3 is 0 Å². The van der Waals surface area contributed by atoms with Gasteiger partial charge in [-0.15, -0.1) is 0 Å². The van der Waals surface area contributed by atoms with Crippen LogP contribution in [0.5, 0.6) is 0 Å². The summed E-state index contributed by atoms with van der Waals surface area (Å²) in [5, 5.41) is 9.98. The number of ether oxygens (including phenoxy) is 1. The van der Waals surface area contributed by atoms with Crippen molar-refractivity contribution in [1.29, 1.82) is 0 Å². The van der Waals surface area contributed by atoms with Crippen LogP contribution < -0.4 is 16.4 Å². The average molecular weight is 255 g/mol. The molecule has 1 aromatic heterocycles. The fourth-order valence-electron chi connectivity index (χ4n) is 1.53. The van der Waals surface area contributed by atoms with Crippen LogP contribution in [-0.4, -0.2) is 42.5 Å². The fraction of sp³-hybridized carbons (Fsp3) is 0.636. The average Bonchev–Trinajstić information content (AvgIpc) is 2.63. The second-order valence-electron chi connectivity index (χ2n) is 3.86. The Labute approximate surface area is 107 Å². The van der Waals surface area contributed by atoms with Gasteiger partial charge in [-0.1, -0.05) is 0 Å². The Balaban J connectivity index is 2.50. The predicted octanol–water partition coefficient (Wildman–Crippen LogP) is -0.0319. The number of nitrogens with zero attached hydrogens (tertiary/aromatic N) is 2. The Hall–Kier alpha value is -1.76. The molecule has 1 heterocycles. The van der Waals surface area contributed by atoms with E-state index >= 15 is 0 Å². The lowest BCUT2D eigenvalue weighted by Crippen LogP contribution is -2.32. The van der Waals surface area contributed by atoms with Crippen LogP contribution >= 0.6 is 0 Å². The molecule has 0 aliphatic carbocycles. The summed E-state index contributed by atoms with van der Waals surface area (Å²) in [7, 11) is 1.59. The van der Waals surface area contributed by atoms with Crippen LogP contribution in [0.2, 0.25) is 0 Å². The van der Waals surface area contributed by atoms with E-state index in [2.05, 4.69) is 15.7 Å². The van der Waals surface area contributed by atoms with Crippen molar-refractivity contribution < 1.29 is 9.53 Å². The standard InChI is InChI=1S/C11H21N5O2/c1-4-16-11(10(12)8(2)15-16)14-7-9(17)13-5-6-18-3/h14H,4-7,12H2,1-3H3,(H,13,17). The highest BCUT2D eigenvalue weighted by atomic mass is 16.5. The maximum absolute atomic E-state index is 11.5. The first-order valence-electron chi connectivity index (χ1n) is 5.92. The highest BCUT2D eigenvalue weighted by molar-refractivity contribution is 5.81. The Morgan fingerprint density at radius 1 is 1.56 bits per heavy atom. The topological polar surface area (TPSA) is 94.2 Å². The van der Waals surface area contributed by atoms with Gasteiger partial charge < -0.3 is 21.1 Å². The molecule has 1 aromatic rings. The third-order valence-electron chi connectivity index (χ3n) is 2.52. The first-order chi connectivity index (χ1) is 8.60. The number of aryl methyl sites for hydroxylation is 2. The number of carbonyl (C=O) groups is 1. The number of hydrogen-bond acceptors (Lipinski definition) is 5. The van der Waals surface area contributed by atoms with Crippen molar-refractivity contribution in [2.75, 3.05) is 37.9 Å². The van der Waals surface area contributed by atoms with Gasteiger partial charge in [0.1, 0.15) is 5.82 Å². The van der Waals surface area contributed by atoms with Crippen LogP contribution in [0.25, 0.3) is 0 Å². The van der Waals surface area contributed by atoms with Crippen molar-refractivity contribution in [3.05, 3.63) is 5.69 Å². The number of anilines is 2. The molecule has 0 atom stereocenters. The molecule has 1 rings (SSSR count). The minimum atomic E-state index is -0.104. The number of nitrogen functional groups attached to an aromatic ring is 1. The van der Waals surface area contributed by atoms with Crippen LogP contribution in [0.3, 0.4) is 0 Å². The molecular formula is C11H21N5O2. The number of carbonyl (C=O) groups excluding carboxylic acids is 1. The van der Waals surface area contributed by atoms with Crippen molar-refractivity contribution in [2.45, 2.75) is 20.4 Å². The molecule has 7 nitrogen and oxygen atoms in total. The molecule has 0 saturated carbocycles. The summed E-state index contributed by atoms with van der Waals surface area (Å²) in [6.07, 6.45) is 0. The van der Waals surface area contributed by atoms with Crippen LogP contribution in [-0.2, 0) is 16.1 Å². The molecular weight excluding hydrogens is 234 g/mol. The van der Waals surface area contributed by atoms with E-state index in [9.17, 15) is 4.79 Å². The van der Waals surface area contributed by atoms with Crippen LogP contribution in [0.4, 0.5) is 11.5 Å². The van der Waals surface area contributed by atoms with E-state index in [-0.39, 0.29) is 12.5 Å². The van der Waals surface area contributed by atoms with Crippen LogP contribution in [0, 0.1) is 6.92 Å². The molecule has 0 unspecified atom stereocenters. The second-order valence-corrected chi connectivity index (χ2v) is 3.86. The van der Waals surface area contributed by atoms with Gasteiger partial charge in [0, 0.05) is 20.2 Å². The third-order valence-corrected chi connectivity index (χ3v) is 2.52. The molecule has 0 saturated heterocycles. The fourth-order valence-corrected chi connectivity index (χ4v) is 1.53. The lowest BCUT2D eigenvalue weighted by Gasteiger charge is -2.09. The molecule has 0 aliphatic heterocycles. The molecule has 1 amide bonds. The molecule has 18 heavy (non-hydrogen) atoms. The summed E-state index contributed by atoms with van der Waals surface area (Å²) in [6.45, 7) is 5.67. The van der Waals surface area contributed by atoms with Gasteiger partial charge in [0.25, 0.3) is 0 Å². The number of methoxy groups -OCH3 is 1. The lowest BCUT2D eigenvalue weighted by atomic mass is 10.4. The predicted molar refractivity (Wildman–Crippen MR) is 70.4 cm³/mol. The van der Waals surface area contributed by atoms with E-state index in [4.69, 9.17) is 10.5 Å². The van der Waals surface area contributed by atoms with Gasteiger partial charge in [0.05, 0.1) is 24.5 Å².